The van der Waals surface area contributed by atoms with Crippen molar-refractivity contribution in [1.29, 1.82) is 0 Å². The Balaban J connectivity index is 1.34. The third-order valence-corrected chi connectivity index (χ3v) is 15.0. The van der Waals surface area contributed by atoms with E-state index in [9.17, 15) is 14.4 Å². The number of hydrogen-bond donors (Lipinski definition) is 1. The van der Waals surface area contributed by atoms with Crippen LogP contribution >= 0.6 is 0 Å². The quantitative estimate of drug-likeness (QED) is 0.252. The van der Waals surface area contributed by atoms with Gasteiger partial charge in [-0.05, 0) is 117 Å². The van der Waals surface area contributed by atoms with Crippen LogP contribution in [-0.4, -0.2) is 60.6 Å². The minimum Gasteiger partial charge on any atom is -0.462 e. The van der Waals surface area contributed by atoms with Crippen molar-refractivity contribution in [3.63, 3.8) is 0 Å². The number of rotatable bonds is 5. The Morgan fingerprint density at radius 1 is 0.978 bits per heavy atom. The van der Waals surface area contributed by atoms with Crippen LogP contribution in [0.5, 0.6) is 0 Å². The fourth-order valence-electron chi connectivity index (χ4n) is 12.6. The topological polar surface area (TPSA) is 84.9 Å². The molecule has 0 radical (unpaired) electrons. The number of carbonyl (C=O) groups is 3. The van der Waals surface area contributed by atoms with Crippen molar-refractivity contribution in [2.45, 2.75) is 144 Å². The number of fused-ring (bicyclic) bond motifs is 6. The number of Topliss-reactive ketones (excluding diaryl/α,β-unsaturated/α-hetero) is 1. The van der Waals surface area contributed by atoms with Crippen molar-refractivity contribution in [3.8, 4) is 0 Å². The van der Waals surface area contributed by atoms with Gasteiger partial charge in [-0.1, -0.05) is 54.0 Å². The zero-order valence-electron chi connectivity index (χ0n) is 29.6. The van der Waals surface area contributed by atoms with Crippen molar-refractivity contribution in [3.05, 3.63) is 11.1 Å². The smallest absolute Gasteiger partial charge is 0.407 e. The van der Waals surface area contributed by atoms with Crippen molar-refractivity contribution in [2.24, 2.45) is 45.3 Å². The number of nitrogens with zero attached hydrogens (tertiary/aromatic N) is 1. The van der Waals surface area contributed by atoms with E-state index in [1.807, 2.05) is 0 Å². The largest absolute Gasteiger partial charge is 0.462 e. The Labute approximate surface area is 272 Å². The molecule has 1 aliphatic heterocycles. The third-order valence-electron chi connectivity index (χ3n) is 15.0. The first-order chi connectivity index (χ1) is 21.0. The van der Waals surface area contributed by atoms with Crippen molar-refractivity contribution in [2.75, 3.05) is 20.2 Å². The van der Waals surface area contributed by atoms with E-state index < -0.39 is 5.54 Å². The summed E-state index contributed by atoms with van der Waals surface area (Å²) < 4.78 is 11.8. The molecule has 252 valence electrons. The molecule has 1 heterocycles. The predicted octanol–water partition coefficient (Wildman–Crippen LogP) is 7.47. The second-order valence-electron chi connectivity index (χ2n) is 17.7. The molecule has 0 aromatic carbocycles. The molecule has 7 nitrogen and oxygen atoms in total. The number of ether oxygens (including phenoxy) is 2. The van der Waals surface area contributed by atoms with Gasteiger partial charge in [0, 0.05) is 30.7 Å². The normalized spacial score (nSPS) is 44.1. The Bertz CT molecular complexity index is 1270. The van der Waals surface area contributed by atoms with E-state index >= 15 is 0 Å². The summed E-state index contributed by atoms with van der Waals surface area (Å²) in [7, 11) is 2.10. The number of likely N-dealkylation sites (tertiary alicyclic amines) is 1. The second kappa shape index (κ2) is 11.1. The molecule has 4 unspecified atom stereocenters. The number of likely N-dealkylation sites (N-methyl/N-ethyl adjacent to an activating group) is 1. The first-order valence-corrected chi connectivity index (χ1v) is 18.1. The van der Waals surface area contributed by atoms with Crippen molar-refractivity contribution in [1.82, 2.24) is 10.2 Å². The number of hydrogen-bond acceptors (Lipinski definition) is 6. The minimum atomic E-state index is -0.631. The number of alkyl carbamates (subject to hydrolysis) is 1. The van der Waals surface area contributed by atoms with E-state index in [1.165, 1.54) is 11.1 Å². The lowest BCUT2D eigenvalue weighted by atomic mass is 9.34. The minimum absolute atomic E-state index is 0.0271. The van der Waals surface area contributed by atoms with Crippen LogP contribution in [0, 0.1) is 45.3 Å². The molecule has 1 saturated heterocycles. The molecule has 4 saturated carbocycles. The van der Waals surface area contributed by atoms with Gasteiger partial charge in [-0.25, -0.2) is 4.79 Å². The number of nitrogens with one attached hydrogen (secondary N) is 1. The molecular weight excluding hydrogens is 564 g/mol. The highest BCUT2D eigenvalue weighted by molar-refractivity contribution is 5.92. The van der Waals surface area contributed by atoms with Gasteiger partial charge in [0.2, 0.25) is 0 Å². The monoisotopic (exact) mass is 624 g/mol. The molecule has 5 aliphatic carbocycles. The third kappa shape index (κ3) is 4.86. The molecular formula is C38H60N2O5. The Kier molecular flexibility index (Phi) is 8.14. The van der Waals surface area contributed by atoms with Gasteiger partial charge in [0.25, 0.3) is 0 Å². The standard InChI is InChI=1S/C38H60N2O5/c1-23(2)31-27(42)21-38(39-33(43)44-22-25-11-10-20-40(25)9)19-18-36(7)26(32(31)38)12-13-29-35(6)16-15-30(45-24(3)41)34(4,5)28(35)14-17-37(29,36)8/h23,25,28-31H,10-22H2,1-9H3,(H,39,43)/t25?,28?,29?,30-,31?,35-,36+,37+,38+/m0/s1. The SMILES string of the molecule is CC(=O)O[C@H]1CC[C@@]2(C)C(CC[C@]3(C)C2CCC2=C4C(C(C)C)C(=O)C[C@]4(NC(=O)OCC4CCCN4C)CC[C@]23C)C1(C)C. The van der Waals surface area contributed by atoms with Gasteiger partial charge < -0.3 is 19.7 Å². The van der Waals surface area contributed by atoms with Crippen LogP contribution < -0.4 is 5.32 Å². The molecule has 7 heteroatoms. The lowest BCUT2D eigenvalue weighted by molar-refractivity contribution is -0.212. The van der Waals surface area contributed by atoms with Gasteiger partial charge in [0.05, 0.1) is 5.54 Å². The van der Waals surface area contributed by atoms with Crippen molar-refractivity contribution >= 4 is 17.8 Å². The van der Waals surface area contributed by atoms with Gasteiger partial charge in [0.1, 0.15) is 18.5 Å². The molecule has 0 spiro atoms. The van der Waals surface area contributed by atoms with E-state index in [0.717, 1.165) is 70.8 Å². The predicted molar refractivity (Wildman–Crippen MR) is 175 cm³/mol. The van der Waals surface area contributed by atoms with Gasteiger partial charge in [-0.2, -0.15) is 0 Å². The van der Waals surface area contributed by atoms with E-state index in [2.05, 4.69) is 65.7 Å². The highest BCUT2D eigenvalue weighted by Crippen LogP contribution is 2.75. The Morgan fingerprint density at radius 3 is 2.36 bits per heavy atom. The molecule has 5 fully saturated rings. The molecule has 6 rings (SSSR count). The molecule has 9 atom stereocenters. The summed E-state index contributed by atoms with van der Waals surface area (Å²) in [5.74, 6) is 1.20. The van der Waals surface area contributed by atoms with E-state index in [4.69, 9.17) is 9.47 Å². The summed E-state index contributed by atoms with van der Waals surface area (Å²) >= 11 is 0. The average Bonchev–Trinajstić information content (AvgIpc) is 3.48. The fraction of sp³-hybridized carbons (Fsp3) is 0.868. The maximum Gasteiger partial charge on any atom is 0.407 e. The van der Waals surface area contributed by atoms with Crippen LogP contribution in [0.4, 0.5) is 4.79 Å². The highest BCUT2D eigenvalue weighted by Gasteiger charge is 2.69. The van der Waals surface area contributed by atoms with E-state index in [-0.39, 0.29) is 63.5 Å². The molecule has 0 aromatic heterocycles. The first kappa shape index (κ1) is 33.0. The fourth-order valence-corrected chi connectivity index (χ4v) is 12.6. The summed E-state index contributed by atoms with van der Waals surface area (Å²) in [4.78, 5) is 41.6. The molecule has 0 bridgehead atoms. The van der Waals surface area contributed by atoms with Gasteiger partial charge in [-0.15, -0.1) is 0 Å². The van der Waals surface area contributed by atoms with Crippen LogP contribution in [0.2, 0.25) is 0 Å². The Morgan fingerprint density at radius 2 is 1.71 bits per heavy atom. The van der Waals surface area contributed by atoms with Gasteiger partial charge in [0.15, 0.2) is 0 Å². The van der Waals surface area contributed by atoms with Crippen LogP contribution in [0.1, 0.15) is 126 Å². The number of carbonyl (C=O) groups excluding carboxylic acids is 3. The van der Waals surface area contributed by atoms with Crippen molar-refractivity contribution < 1.29 is 23.9 Å². The summed E-state index contributed by atoms with van der Waals surface area (Å²) in [5, 5.41) is 3.37. The van der Waals surface area contributed by atoms with Crippen LogP contribution in [-0.2, 0) is 19.1 Å². The van der Waals surface area contributed by atoms with Crippen LogP contribution in [0.3, 0.4) is 0 Å². The lowest BCUT2D eigenvalue weighted by Gasteiger charge is -2.70. The highest BCUT2D eigenvalue weighted by atomic mass is 16.6. The van der Waals surface area contributed by atoms with Gasteiger partial charge >= 0.3 is 12.1 Å². The zero-order chi connectivity index (χ0) is 32.7. The van der Waals surface area contributed by atoms with E-state index in [1.54, 1.807) is 6.92 Å². The molecule has 45 heavy (non-hydrogen) atoms. The first-order valence-electron chi connectivity index (χ1n) is 18.1. The van der Waals surface area contributed by atoms with E-state index in [0.29, 0.717) is 24.9 Å². The lowest BCUT2D eigenvalue weighted by Crippen LogP contribution is -2.65. The molecule has 6 aliphatic rings. The van der Waals surface area contributed by atoms with Crippen LogP contribution in [0.15, 0.2) is 11.1 Å². The van der Waals surface area contributed by atoms with Gasteiger partial charge in [-0.3, -0.25) is 9.59 Å². The second-order valence-corrected chi connectivity index (χ2v) is 17.7. The summed E-state index contributed by atoms with van der Waals surface area (Å²) in [6.45, 7) is 19.7. The number of amides is 1. The molecule has 1 N–H and O–H groups in total. The summed E-state index contributed by atoms with van der Waals surface area (Å²) in [5.41, 5.74) is 2.25. The number of esters is 1. The zero-order valence-corrected chi connectivity index (χ0v) is 29.6. The van der Waals surface area contributed by atoms with Crippen LogP contribution in [0.25, 0.3) is 0 Å². The number of ketones is 1. The Hall–Kier alpha value is -1.89. The summed E-state index contributed by atoms with van der Waals surface area (Å²) in [6.07, 6.45) is 10.3. The molecule has 0 aromatic rings. The number of allylic oxidation sites excluding steroid dienone is 1. The summed E-state index contributed by atoms with van der Waals surface area (Å²) in [6, 6.07) is 0.273. The maximum absolute atomic E-state index is 13.9. The average molecular weight is 625 g/mol. The molecule has 1 amide bonds. The maximum atomic E-state index is 13.9.